The van der Waals surface area contributed by atoms with Gasteiger partial charge in [-0.15, -0.1) is 0 Å². The minimum absolute atomic E-state index is 0.0750. The second-order valence-corrected chi connectivity index (χ2v) is 6.68. The summed E-state index contributed by atoms with van der Waals surface area (Å²) in [6.07, 6.45) is 0.667. The zero-order valence-corrected chi connectivity index (χ0v) is 17.0. The number of amides is 2. The number of hydrogen-bond acceptors (Lipinski definition) is 6. The third-order valence-electron chi connectivity index (χ3n) is 4.75. The van der Waals surface area contributed by atoms with Crippen molar-refractivity contribution in [2.75, 3.05) is 66.7 Å². The summed E-state index contributed by atoms with van der Waals surface area (Å²) in [5.74, 6) is 1.09. The van der Waals surface area contributed by atoms with Crippen LogP contribution in [-0.2, 0) is 20.7 Å². The normalized spacial score (nSPS) is 14.4. The van der Waals surface area contributed by atoms with Crippen LogP contribution in [-0.4, -0.2) is 88.3 Å². The van der Waals surface area contributed by atoms with Crippen molar-refractivity contribution in [3.63, 3.8) is 0 Å². The van der Waals surface area contributed by atoms with Crippen LogP contribution in [0.4, 0.5) is 0 Å². The van der Waals surface area contributed by atoms with E-state index in [4.69, 9.17) is 14.2 Å². The molecule has 2 rings (SSSR count). The highest BCUT2D eigenvalue weighted by atomic mass is 16.5. The molecule has 1 saturated heterocycles. The first kappa shape index (κ1) is 22.0. The molecule has 156 valence electrons. The summed E-state index contributed by atoms with van der Waals surface area (Å²) in [7, 11) is 3.19. The Morgan fingerprint density at radius 3 is 2.54 bits per heavy atom. The number of rotatable bonds is 10. The summed E-state index contributed by atoms with van der Waals surface area (Å²) in [6, 6.07) is 5.69. The van der Waals surface area contributed by atoms with E-state index in [1.807, 2.05) is 18.2 Å². The van der Waals surface area contributed by atoms with Gasteiger partial charge >= 0.3 is 0 Å². The predicted octanol–water partition coefficient (Wildman–Crippen LogP) is 0.543. The summed E-state index contributed by atoms with van der Waals surface area (Å²) in [5, 5.41) is 2.88. The van der Waals surface area contributed by atoms with E-state index >= 15 is 0 Å². The topological polar surface area (TPSA) is 80.3 Å². The van der Waals surface area contributed by atoms with Gasteiger partial charge in [-0.2, -0.15) is 0 Å². The summed E-state index contributed by atoms with van der Waals surface area (Å²) in [6.45, 7) is 6.52. The fourth-order valence-corrected chi connectivity index (χ4v) is 3.05. The molecule has 0 spiro atoms. The fourth-order valence-electron chi connectivity index (χ4n) is 3.05. The van der Waals surface area contributed by atoms with Crippen LogP contribution < -0.4 is 14.8 Å². The molecular formula is C20H31N3O5. The molecule has 0 bridgehead atoms. The van der Waals surface area contributed by atoms with Crippen molar-refractivity contribution < 1.29 is 23.8 Å². The molecule has 0 radical (unpaired) electrons. The Labute approximate surface area is 166 Å². The highest BCUT2D eigenvalue weighted by Crippen LogP contribution is 2.27. The lowest BCUT2D eigenvalue weighted by Crippen LogP contribution is -2.45. The van der Waals surface area contributed by atoms with E-state index in [2.05, 4.69) is 10.2 Å². The van der Waals surface area contributed by atoms with Crippen molar-refractivity contribution in [3.05, 3.63) is 23.8 Å². The van der Waals surface area contributed by atoms with Crippen molar-refractivity contribution in [3.8, 4) is 11.5 Å². The van der Waals surface area contributed by atoms with Gasteiger partial charge in [0.05, 0.1) is 34.0 Å². The van der Waals surface area contributed by atoms with E-state index in [0.29, 0.717) is 31.0 Å². The molecule has 0 atom stereocenters. The molecular weight excluding hydrogens is 362 g/mol. The molecule has 1 fully saturated rings. The van der Waals surface area contributed by atoms with Crippen molar-refractivity contribution in [2.45, 2.75) is 13.3 Å². The van der Waals surface area contributed by atoms with Crippen LogP contribution >= 0.6 is 0 Å². The first-order valence-electron chi connectivity index (χ1n) is 9.56. The van der Waals surface area contributed by atoms with Gasteiger partial charge in [-0.25, -0.2) is 0 Å². The second-order valence-electron chi connectivity index (χ2n) is 6.68. The summed E-state index contributed by atoms with van der Waals surface area (Å²) in [5.41, 5.74) is 1.04. The third kappa shape index (κ3) is 7.01. The third-order valence-corrected chi connectivity index (χ3v) is 4.75. The molecule has 8 nitrogen and oxygen atoms in total. The predicted molar refractivity (Wildman–Crippen MR) is 106 cm³/mol. The number of ether oxygens (including phenoxy) is 3. The van der Waals surface area contributed by atoms with Crippen molar-refractivity contribution >= 4 is 11.8 Å². The average Bonchev–Trinajstić information content (AvgIpc) is 2.71. The van der Waals surface area contributed by atoms with E-state index < -0.39 is 0 Å². The molecule has 28 heavy (non-hydrogen) atoms. The van der Waals surface area contributed by atoms with E-state index in [0.717, 1.165) is 38.4 Å². The Balaban J connectivity index is 1.75. The number of benzene rings is 1. The first-order chi connectivity index (χ1) is 13.5. The molecule has 1 aliphatic heterocycles. The minimum atomic E-state index is -0.155. The molecule has 0 aromatic heterocycles. The van der Waals surface area contributed by atoms with Crippen LogP contribution in [0.1, 0.15) is 12.5 Å². The van der Waals surface area contributed by atoms with Gasteiger partial charge in [-0.3, -0.25) is 14.5 Å². The van der Waals surface area contributed by atoms with Crippen LogP contribution in [0.3, 0.4) is 0 Å². The second kappa shape index (κ2) is 11.5. The molecule has 0 saturated carbocycles. The zero-order chi connectivity index (χ0) is 20.4. The number of carbonyl (C=O) groups excluding carboxylic acids is 2. The van der Waals surface area contributed by atoms with Crippen LogP contribution in [0, 0.1) is 0 Å². The molecule has 1 heterocycles. The molecule has 2 amide bonds. The standard InChI is InChI=1S/C20H31N3O5/c1-16(24)23(9-8-22-10-12-28-13-11-22)15-20(25)21-7-6-17-4-5-18(26-2)19(14-17)27-3/h4-5,14H,6-13,15H2,1-3H3,(H,21,25). The molecule has 1 N–H and O–H groups in total. The Morgan fingerprint density at radius 1 is 1.18 bits per heavy atom. The Hall–Kier alpha value is -2.32. The SMILES string of the molecule is COc1ccc(CCNC(=O)CN(CCN2CCOCC2)C(C)=O)cc1OC. The van der Waals surface area contributed by atoms with Gasteiger partial charge < -0.3 is 24.4 Å². The van der Waals surface area contributed by atoms with Crippen molar-refractivity contribution in [1.29, 1.82) is 0 Å². The Morgan fingerprint density at radius 2 is 1.89 bits per heavy atom. The minimum Gasteiger partial charge on any atom is -0.493 e. The van der Waals surface area contributed by atoms with Crippen molar-refractivity contribution in [1.82, 2.24) is 15.1 Å². The van der Waals surface area contributed by atoms with E-state index in [9.17, 15) is 9.59 Å². The highest BCUT2D eigenvalue weighted by Gasteiger charge is 2.16. The largest absolute Gasteiger partial charge is 0.493 e. The number of morpholine rings is 1. The van der Waals surface area contributed by atoms with E-state index in [1.54, 1.807) is 19.1 Å². The van der Waals surface area contributed by atoms with Gasteiger partial charge in [0.25, 0.3) is 0 Å². The lowest BCUT2D eigenvalue weighted by molar-refractivity contribution is -0.134. The summed E-state index contributed by atoms with van der Waals surface area (Å²) < 4.78 is 15.8. The van der Waals surface area contributed by atoms with Gasteiger partial charge in [0.15, 0.2) is 11.5 Å². The summed E-state index contributed by atoms with van der Waals surface area (Å²) in [4.78, 5) is 27.9. The van der Waals surface area contributed by atoms with Crippen LogP contribution in [0.15, 0.2) is 18.2 Å². The van der Waals surface area contributed by atoms with Crippen molar-refractivity contribution in [2.24, 2.45) is 0 Å². The lowest BCUT2D eigenvalue weighted by atomic mass is 10.1. The quantitative estimate of drug-likeness (QED) is 0.625. The number of methoxy groups -OCH3 is 2. The van der Waals surface area contributed by atoms with Gasteiger partial charge in [0.2, 0.25) is 11.8 Å². The molecule has 1 aliphatic rings. The smallest absolute Gasteiger partial charge is 0.239 e. The number of hydrogen-bond donors (Lipinski definition) is 1. The highest BCUT2D eigenvalue weighted by molar-refractivity contribution is 5.83. The maximum Gasteiger partial charge on any atom is 0.239 e. The average molecular weight is 393 g/mol. The molecule has 0 aliphatic carbocycles. The number of nitrogens with zero attached hydrogens (tertiary/aromatic N) is 2. The van der Waals surface area contributed by atoms with E-state index in [-0.39, 0.29) is 18.4 Å². The monoisotopic (exact) mass is 393 g/mol. The first-order valence-corrected chi connectivity index (χ1v) is 9.56. The lowest BCUT2D eigenvalue weighted by Gasteiger charge is -2.29. The molecule has 1 aromatic carbocycles. The van der Waals surface area contributed by atoms with Gasteiger partial charge in [-0.1, -0.05) is 6.07 Å². The van der Waals surface area contributed by atoms with Gasteiger partial charge in [0, 0.05) is 39.6 Å². The van der Waals surface area contributed by atoms with Crippen LogP contribution in [0.25, 0.3) is 0 Å². The zero-order valence-electron chi connectivity index (χ0n) is 17.0. The summed E-state index contributed by atoms with van der Waals surface area (Å²) >= 11 is 0. The maximum atomic E-state index is 12.2. The van der Waals surface area contributed by atoms with Gasteiger partial charge in [-0.05, 0) is 24.1 Å². The Kier molecular flexibility index (Phi) is 9.03. The molecule has 0 unspecified atom stereocenters. The Bertz CT molecular complexity index is 647. The molecule has 1 aromatic rings. The molecule has 8 heteroatoms. The number of carbonyl (C=O) groups is 2. The number of nitrogens with one attached hydrogen (secondary N) is 1. The maximum absolute atomic E-state index is 12.2. The van der Waals surface area contributed by atoms with E-state index in [1.165, 1.54) is 6.92 Å². The fraction of sp³-hybridized carbons (Fsp3) is 0.600. The van der Waals surface area contributed by atoms with Gasteiger partial charge in [0.1, 0.15) is 0 Å². The van der Waals surface area contributed by atoms with Crippen LogP contribution in [0.5, 0.6) is 11.5 Å². The van der Waals surface area contributed by atoms with Crippen LogP contribution in [0.2, 0.25) is 0 Å².